The second kappa shape index (κ2) is 14.5. The van der Waals surface area contributed by atoms with Gasteiger partial charge in [-0.15, -0.1) is 0 Å². The highest BCUT2D eigenvalue weighted by atomic mass is 79.9. The zero-order valence-electron chi connectivity index (χ0n) is 26.9. The van der Waals surface area contributed by atoms with Crippen molar-refractivity contribution in [3.63, 3.8) is 0 Å². The molecule has 0 aliphatic heterocycles. The maximum absolute atomic E-state index is 13.6. The first-order chi connectivity index (χ1) is 18.8. The predicted molar refractivity (Wildman–Crippen MR) is 166 cm³/mol. The molecule has 1 heterocycles. The van der Waals surface area contributed by atoms with Crippen LogP contribution in [-0.4, -0.2) is 40.0 Å². The van der Waals surface area contributed by atoms with E-state index < -0.39 is 4.83 Å². The van der Waals surface area contributed by atoms with Gasteiger partial charge in [-0.1, -0.05) is 110 Å². The first-order valence-corrected chi connectivity index (χ1v) is 17.1. The van der Waals surface area contributed by atoms with Crippen LogP contribution in [0.1, 0.15) is 149 Å². The lowest BCUT2D eigenvalue weighted by Gasteiger charge is -2.50. The van der Waals surface area contributed by atoms with Crippen LogP contribution in [0.25, 0.3) is 0 Å². The van der Waals surface area contributed by atoms with Crippen molar-refractivity contribution in [3.8, 4) is 0 Å². The molecule has 6 nitrogen and oxygen atoms in total. The summed E-state index contributed by atoms with van der Waals surface area (Å²) in [6.45, 7) is 21.3. The van der Waals surface area contributed by atoms with Crippen molar-refractivity contribution >= 4 is 21.9 Å². The van der Waals surface area contributed by atoms with Crippen molar-refractivity contribution in [3.05, 3.63) is 11.6 Å². The molecule has 0 amide bonds. The second-order valence-corrected chi connectivity index (χ2v) is 16.0. The van der Waals surface area contributed by atoms with E-state index in [4.69, 9.17) is 14.5 Å². The van der Waals surface area contributed by atoms with Crippen molar-refractivity contribution < 1.29 is 14.3 Å². The van der Waals surface area contributed by atoms with Crippen molar-refractivity contribution in [2.75, 3.05) is 6.61 Å². The Kier molecular flexibility index (Phi) is 12.1. The Morgan fingerprint density at radius 3 is 2.25 bits per heavy atom. The number of hydrogen-bond acceptors (Lipinski definition) is 5. The molecule has 230 valence electrons. The number of carbonyl (C=O) groups is 1. The van der Waals surface area contributed by atoms with E-state index in [9.17, 15) is 4.79 Å². The van der Waals surface area contributed by atoms with Crippen LogP contribution in [0, 0.1) is 34.5 Å². The van der Waals surface area contributed by atoms with E-state index >= 15 is 0 Å². The number of aromatic nitrogens is 3. The number of rotatable bonds is 11. The quantitative estimate of drug-likeness (QED) is 0.196. The van der Waals surface area contributed by atoms with Crippen LogP contribution in [0.15, 0.2) is 0 Å². The Hall–Kier alpha value is -0.950. The smallest absolute Gasteiger partial charge is 0.327 e. The molecule has 1 aromatic rings. The van der Waals surface area contributed by atoms with Gasteiger partial charge in [0.15, 0.2) is 10.7 Å². The summed E-state index contributed by atoms with van der Waals surface area (Å²) in [7, 11) is 0. The Bertz CT molecular complexity index is 897. The van der Waals surface area contributed by atoms with Crippen molar-refractivity contribution in [2.24, 2.45) is 34.5 Å². The Morgan fingerprint density at radius 2 is 1.68 bits per heavy atom. The van der Waals surface area contributed by atoms with E-state index in [-0.39, 0.29) is 34.9 Å². The van der Waals surface area contributed by atoms with Crippen LogP contribution in [0.4, 0.5) is 0 Å². The zero-order valence-corrected chi connectivity index (χ0v) is 28.5. The van der Waals surface area contributed by atoms with Gasteiger partial charge in [-0.25, -0.2) is 4.98 Å². The average molecular weight is 625 g/mol. The maximum Gasteiger partial charge on any atom is 0.327 e. The third-order valence-electron chi connectivity index (χ3n) is 9.68. The summed E-state index contributed by atoms with van der Waals surface area (Å²) in [4.78, 5) is 17.8. The number of esters is 1. The Balaban J connectivity index is 1.72. The van der Waals surface area contributed by atoms with Gasteiger partial charge in [0, 0.05) is 24.4 Å². The minimum atomic E-state index is -0.695. The predicted octanol–water partition coefficient (Wildman–Crippen LogP) is 9.17. The molecule has 0 saturated heterocycles. The van der Waals surface area contributed by atoms with E-state index in [1.807, 2.05) is 0 Å². The van der Waals surface area contributed by atoms with Gasteiger partial charge in [-0.2, -0.15) is 5.10 Å². The highest BCUT2D eigenvalue weighted by Crippen LogP contribution is 2.50. The number of nitrogens with zero attached hydrogens (tertiary/aromatic N) is 2. The van der Waals surface area contributed by atoms with Crippen LogP contribution in [0.3, 0.4) is 0 Å². The third-order valence-corrected chi connectivity index (χ3v) is 10.5. The molecule has 6 unspecified atom stereocenters. The van der Waals surface area contributed by atoms with Gasteiger partial charge >= 0.3 is 5.97 Å². The number of aromatic amines is 1. The van der Waals surface area contributed by atoms with Crippen LogP contribution in [0.2, 0.25) is 0 Å². The van der Waals surface area contributed by atoms with E-state index in [1.165, 1.54) is 25.7 Å². The fourth-order valence-corrected chi connectivity index (χ4v) is 7.31. The van der Waals surface area contributed by atoms with Gasteiger partial charge in [-0.05, 0) is 54.8 Å². The number of halogens is 1. The molecule has 2 aliphatic rings. The zero-order chi connectivity index (χ0) is 29.7. The molecule has 7 heteroatoms. The van der Waals surface area contributed by atoms with Gasteiger partial charge in [0.25, 0.3) is 0 Å². The normalized spacial score (nSPS) is 29.6. The van der Waals surface area contributed by atoms with Crippen LogP contribution in [-0.2, 0) is 14.3 Å². The molecule has 1 N–H and O–H groups in total. The van der Waals surface area contributed by atoms with Crippen molar-refractivity contribution in [1.29, 1.82) is 0 Å². The number of carbonyl (C=O) groups excluding carboxylic acids is 1. The largest absolute Gasteiger partial charge is 0.461 e. The number of hydrogen-bond donors (Lipinski definition) is 1. The highest BCUT2D eigenvalue weighted by Gasteiger charge is 2.48. The molecule has 3 rings (SSSR count). The van der Waals surface area contributed by atoms with Crippen LogP contribution in [0.5, 0.6) is 0 Å². The van der Waals surface area contributed by atoms with Gasteiger partial charge in [0.2, 0.25) is 0 Å². The molecular weight excluding hydrogens is 566 g/mol. The van der Waals surface area contributed by atoms with E-state index in [2.05, 4.69) is 88.4 Å². The summed E-state index contributed by atoms with van der Waals surface area (Å²) in [5.41, 5.74) is 0.0953. The van der Waals surface area contributed by atoms with Crippen molar-refractivity contribution in [2.45, 2.75) is 149 Å². The monoisotopic (exact) mass is 623 g/mol. The summed E-state index contributed by atoms with van der Waals surface area (Å²) >= 11 is 3.62. The van der Waals surface area contributed by atoms with Crippen molar-refractivity contribution in [1.82, 2.24) is 15.2 Å². The summed E-state index contributed by atoms with van der Waals surface area (Å²) < 4.78 is 12.9. The fourth-order valence-electron chi connectivity index (χ4n) is 7.00. The molecule has 2 fully saturated rings. The topological polar surface area (TPSA) is 77.1 Å². The molecule has 0 bridgehead atoms. The minimum absolute atomic E-state index is 0.0476. The maximum atomic E-state index is 13.6. The Morgan fingerprint density at radius 1 is 1.05 bits per heavy atom. The van der Waals surface area contributed by atoms with Crippen LogP contribution < -0.4 is 0 Å². The number of nitrogens with one attached hydrogen (secondary N) is 1. The third kappa shape index (κ3) is 8.78. The fraction of sp³-hybridized carbons (Fsp3) is 0.909. The molecule has 40 heavy (non-hydrogen) atoms. The molecule has 0 spiro atoms. The summed E-state index contributed by atoms with van der Waals surface area (Å²) in [5, 5.41) is 7.67. The van der Waals surface area contributed by atoms with Gasteiger partial charge in [0.05, 0.1) is 6.10 Å². The first-order valence-electron chi connectivity index (χ1n) is 16.1. The lowest BCUT2D eigenvalue weighted by Crippen LogP contribution is -2.49. The average Bonchev–Trinajstić information content (AvgIpc) is 3.38. The van der Waals surface area contributed by atoms with Gasteiger partial charge < -0.3 is 9.47 Å². The molecule has 2 aliphatic carbocycles. The lowest BCUT2D eigenvalue weighted by molar-refractivity contribution is -0.168. The number of alkyl halides is 1. The number of H-pyrrole nitrogens is 1. The SMILES string of the molecule is CCCCC(CC)COC1CCCCC1c1nc(C(Br)C(=O)OC2C(C(C)(C)C)CC(C)CC2C(C)(C)C)n[nH]1. The van der Waals surface area contributed by atoms with E-state index in [0.29, 0.717) is 29.5 Å². The second-order valence-electron chi connectivity index (χ2n) is 15.0. The highest BCUT2D eigenvalue weighted by molar-refractivity contribution is 9.09. The molecule has 0 radical (unpaired) electrons. The van der Waals surface area contributed by atoms with E-state index in [0.717, 1.165) is 51.0 Å². The first kappa shape index (κ1) is 33.6. The van der Waals surface area contributed by atoms with E-state index in [1.54, 1.807) is 0 Å². The minimum Gasteiger partial charge on any atom is -0.461 e. The summed E-state index contributed by atoms with van der Waals surface area (Å²) in [5.74, 6) is 3.03. The molecule has 6 atom stereocenters. The molecule has 1 aromatic heterocycles. The van der Waals surface area contributed by atoms with Gasteiger partial charge in [0.1, 0.15) is 11.9 Å². The van der Waals surface area contributed by atoms with Crippen LogP contribution >= 0.6 is 15.9 Å². The lowest BCUT2D eigenvalue weighted by atomic mass is 9.59. The molecule has 2 saturated carbocycles. The molecule has 0 aromatic carbocycles. The standard InChI is InChI=1S/C33H58BrN3O3/c1-10-12-15-22(11-2)20-39-26-17-14-13-16-23(26)29-35-30(37-36-29)27(34)31(38)40-28-24(32(4,5)6)18-21(3)19-25(28)33(7,8)9/h21-28H,10-20H2,1-9H3,(H,35,36,37). The summed E-state index contributed by atoms with van der Waals surface area (Å²) in [6, 6.07) is 0. The summed E-state index contributed by atoms with van der Waals surface area (Å²) in [6.07, 6.45) is 11.5. The number of ether oxygens (including phenoxy) is 2. The number of unbranched alkanes of at least 4 members (excludes halogenated alkanes) is 1. The Labute approximate surface area is 253 Å². The molecular formula is C33H58BrN3O3. The van der Waals surface area contributed by atoms with Gasteiger partial charge in [-0.3, -0.25) is 9.89 Å².